The lowest BCUT2D eigenvalue weighted by Crippen LogP contribution is -2.51. The first-order valence-electron chi connectivity index (χ1n) is 8.97. The number of aryl methyl sites for hydroxylation is 1. The molecule has 3 rings (SSSR count). The number of rotatable bonds is 5. The Hall–Kier alpha value is -3.02. The molecule has 0 saturated carbocycles. The number of carbonyl (C=O) groups is 2. The summed E-state index contributed by atoms with van der Waals surface area (Å²) in [6.07, 6.45) is 0. The molecule has 1 aliphatic rings. The number of benzene rings is 2. The highest BCUT2D eigenvalue weighted by atomic mass is 16.5. The molecule has 0 spiro atoms. The molecule has 27 heavy (non-hydrogen) atoms. The largest absolute Gasteiger partial charge is 0.497 e. The van der Waals surface area contributed by atoms with Gasteiger partial charge in [0.2, 0.25) is 0 Å². The van der Waals surface area contributed by atoms with E-state index < -0.39 is 0 Å². The predicted molar refractivity (Wildman–Crippen MR) is 102 cm³/mol. The Labute approximate surface area is 159 Å². The molecule has 1 aliphatic heterocycles. The molecule has 6 heteroatoms. The maximum absolute atomic E-state index is 12.6. The normalized spacial score (nSPS) is 14.0. The van der Waals surface area contributed by atoms with Crippen LogP contribution >= 0.6 is 0 Å². The molecule has 1 saturated heterocycles. The van der Waals surface area contributed by atoms with Gasteiger partial charge in [0, 0.05) is 31.7 Å². The second-order valence-electron chi connectivity index (χ2n) is 6.51. The molecular formula is C21H24N2O4. The molecule has 0 radical (unpaired) electrons. The van der Waals surface area contributed by atoms with E-state index in [1.807, 2.05) is 31.2 Å². The average molecular weight is 368 g/mol. The number of methoxy groups -OCH3 is 1. The van der Waals surface area contributed by atoms with Crippen molar-refractivity contribution < 1.29 is 19.1 Å². The van der Waals surface area contributed by atoms with Gasteiger partial charge >= 0.3 is 0 Å². The van der Waals surface area contributed by atoms with Crippen molar-refractivity contribution in [2.75, 3.05) is 39.9 Å². The van der Waals surface area contributed by atoms with Crippen LogP contribution in [-0.2, 0) is 4.79 Å². The van der Waals surface area contributed by atoms with Crippen molar-refractivity contribution in [3.63, 3.8) is 0 Å². The van der Waals surface area contributed by atoms with Crippen LogP contribution in [0.2, 0.25) is 0 Å². The molecule has 0 bridgehead atoms. The fourth-order valence-electron chi connectivity index (χ4n) is 2.97. The van der Waals surface area contributed by atoms with E-state index >= 15 is 0 Å². The van der Waals surface area contributed by atoms with E-state index in [1.54, 1.807) is 41.2 Å². The van der Waals surface area contributed by atoms with Crippen LogP contribution in [0.4, 0.5) is 0 Å². The van der Waals surface area contributed by atoms with E-state index in [4.69, 9.17) is 9.47 Å². The molecule has 0 aliphatic carbocycles. The summed E-state index contributed by atoms with van der Waals surface area (Å²) in [5.41, 5.74) is 1.74. The third-order valence-electron chi connectivity index (χ3n) is 4.62. The van der Waals surface area contributed by atoms with E-state index in [1.165, 1.54) is 0 Å². The van der Waals surface area contributed by atoms with Crippen LogP contribution in [0.1, 0.15) is 15.9 Å². The van der Waals surface area contributed by atoms with Crippen LogP contribution in [-0.4, -0.2) is 61.5 Å². The van der Waals surface area contributed by atoms with Crippen molar-refractivity contribution in [1.29, 1.82) is 0 Å². The summed E-state index contributed by atoms with van der Waals surface area (Å²) >= 11 is 0. The highest BCUT2D eigenvalue weighted by molar-refractivity contribution is 5.94. The Morgan fingerprint density at radius 2 is 1.59 bits per heavy atom. The van der Waals surface area contributed by atoms with Crippen LogP contribution in [0, 0.1) is 6.92 Å². The summed E-state index contributed by atoms with van der Waals surface area (Å²) in [5, 5.41) is 0. The molecule has 0 N–H and O–H groups in total. The first kappa shape index (κ1) is 18.8. The van der Waals surface area contributed by atoms with Crippen LogP contribution in [0.5, 0.6) is 11.5 Å². The Balaban J connectivity index is 1.49. The predicted octanol–water partition coefficient (Wildman–Crippen LogP) is 2.37. The minimum atomic E-state index is -0.0657. The summed E-state index contributed by atoms with van der Waals surface area (Å²) < 4.78 is 10.7. The van der Waals surface area contributed by atoms with E-state index in [0.717, 1.165) is 5.56 Å². The van der Waals surface area contributed by atoms with Crippen LogP contribution in [0.3, 0.4) is 0 Å². The zero-order chi connectivity index (χ0) is 19.2. The van der Waals surface area contributed by atoms with Crippen LogP contribution in [0.15, 0.2) is 48.5 Å². The first-order chi connectivity index (χ1) is 13.1. The monoisotopic (exact) mass is 368 g/mol. The number of amides is 2. The van der Waals surface area contributed by atoms with E-state index in [-0.39, 0.29) is 18.4 Å². The molecule has 1 heterocycles. The van der Waals surface area contributed by atoms with Crippen molar-refractivity contribution in [3.05, 3.63) is 59.7 Å². The van der Waals surface area contributed by atoms with Crippen molar-refractivity contribution in [2.24, 2.45) is 0 Å². The molecule has 2 aromatic rings. The van der Waals surface area contributed by atoms with Gasteiger partial charge in [0.15, 0.2) is 6.61 Å². The van der Waals surface area contributed by atoms with Gasteiger partial charge in [0.05, 0.1) is 7.11 Å². The van der Waals surface area contributed by atoms with Gasteiger partial charge in [-0.3, -0.25) is 9.59 Å². The second kappa shape index (κ2) is 8.58. The molecule has 1 fully saturated rings. The highest BCUT2D eigenvalue weighted by Gasteiger charge is 2.25. The zero-order valence-electron chi connectivity index (χ0n) is 15.7. The SMILES string of the molecule is COc1cccc(C(=O)N2CCN(C(=O)COc3ccc(C)cc3)CC2)c1. The van der Waals surface area contributed by atoms with E-state index in [2.05, 4.69) is 0 Å². The van der Waals surface area contributed by atoms with Crippen LogP contribution < -0.4 is 9.47 Å². The Bertz CT molecular complexity index is 796. The molecule has 0 atom stereocenters. The van der Waals surface area contributed by atoms with Crippen molar-refractivity contribution in [3.8, 4) is 11.5 Å². The molecule has 142 valence electrons. The number of ether oxygens (including phenoxy) is 2. The summed E-state index contributed by atoms with van der Waals surface area (Å²) in [5.74, 6) is 1.23. The van der Waals surface area contributed by atoms with Gasteiger partial charge in [0.25, 0.3) is 11.8 Å². The number of carbonyl (C=O) groups excluding carboxylic acids is 2. The van der Waals surface area contributed by atoms with Gasteiger partial charge in [-0.05, 0) is 37.3 Å². The molecule has 0 unspecified atom stereocenters. The number of hydrogen-bond acceptors (Lipinski definition) is 4. The molecule has 0 aromatic heterocycles. The van der Waals surface area contributed by atoms with Gasteiger partial charge in [-0.1, -0.05) is 23.8 Å². The molecule has 2 amide bonds. The lowest BCUT2D eigenvalue weighted by Gasteiger charge is -2.34. The lowest BCUT2D eigenvalue weighted by atomic mass is 10.1. The standard InChI is InChI=1S/C21H24N2O4/c1-16-6-8-18(9-7-16)27-15-20(24)22-10-12-23(13-11-22)21(25)17-4-3-5-19(14-17)26-2/h3-9,14H,10-13,15H2,1-2H3. The van der Waals surface area contributed by atoms with Gasteiger partial charge in [-0.2, -0.15) is 0 Å². The van der Waals surface area contributed by atoms with Gasteiger partial charge < -0.3 is 19.3 Å². The van der Waals surface area contributed by atoms with Gasteiger partial charge in [-0.15, -0.1) is 0 Å². The Morgan fingerprint density at radius 1 is 0.926 bits per heavy atom. The Kier molecular flexibility index (Phi) is 5.96. The minimum absolute atomic E-state index is 0.00684. The molecular weight excluding hydrogens is 344 g/mol. The topological polar surface area (TPSA) is 59.1 Å². The van der Waals surface area contributed by atoms with Gasteiger partial charge in [-0.25, -0.2) is 0 Å². The third-order valence-corrected chi connectivity index (χ3v) is 4.62. The van der Waals surface area contributed by atoms with Gasteiger partial charge in [0.1, 0.15) is 11.5 Å². The summed E-state index contributed by atoms with van der Waals surface area (Å²) in [7, 11) is 1.58. The Morgan fingerprint density at radius 3 is 2.26 bits per heavy atom. The second-order valence-corrected chi connectivity index (χ2v) is 6.51. The quantitative estimate of drug-likeness (QED) is 0.813. The number of hydrogen-bond donors (Lipinski definition) is 0. The fraction of sp³-hybridized carbons (Fsp3) is 0.333. The van der Waals surface area contributed by atoms with Crippen molar-refractivity contribution in [2.45, 2.75) is 6.92 Å². The lowest BCUT2D eigenvalue weighted by molar-refractivity contribution is -0.134. The fourth-order valence-corrected chi connectivity index (χ4v) is 2.97. The smallest absolute Gasteiger partial charge is 0.260 e. The molecule has 6 nitrogen and oxygen atoms in total. The third kappa shape index (κ3) is 4.78. The maximum Gasteiger partial charge on any atom is 0.260 e. The minimum Gasteiger partial charge on any atom is -0.497 e. The summed E-state index contributed by atoms with van der Waals surface area (Å²) in [6.45, 7) is 4.03. The van der Waals surface area contributed by atoms with E-state index in [0.29, 0.717) is 43.2 Å². The number of nitrogens with zero attached hydrogens (tertiary/aromatic N) is 2. The number of piperazine rings is 1. The first-order valence-corrected chi connectivity index (χ1v) is 8.97. The van der Waals surface area contributed by atoms with Crippen LogP contribution in [0.25, 0.3) is 0 Å². The summed E-state index contributed by atoms with van der Waals surface area (Å²) in [4.78, 5) is 28.5. The van der Waals surface area contributed by atoms with Crippen molar-refractivity contribution in [1.82, 2.24) is 9.80 Å². The average Bonchev–Trinajstić information content (AvgIpc) is 2.72. The molecule has 2 aromatic carbocycles. The highest BCUT2D eigenvalue weighted by Crippen LogP contribution is 2.16. The van der Waals surface area contributed by atoms with Crippen molar-refractivity contribution >= 4 is 11.8 Å². The van der Waals surface area contributed by atoms with E-state index in [9.17, 15) is 9.59 Å². The zero-order valence-corrected chi connectivity index (χ0v) is 15.7. The maximum atomic E-state index is 12.6. The summed E-state index contributed by atoms with van der Waals surface area (Å²) in [6, 6.07) is 14.7.